The average molecular weight is 260 g/mol. The van der Waals surface area contributed by atoms with E-state index >= 15 is 0 Å². The Labute approximate surface area is 113 Å². The number of rotatable bonds is 7. The average Bonchev–Trinajstić information content (AvgIpc) is 2.89. The van der Waals surface area contributed by atoms with Gasteiger partial charge >= 0.3 is 0 Å². The maximum absolute atomic E-state index is 9.04. The van der Waals surface area contributed by atoms with Gasteiger partial charge in [0, 0.05) is 18.7 Å². The number of hydrogen-bond acceptors (Lipinski definition) is 4. The Bertz CT molecular complexity index is 476. The van der Waals surface area contributed by atoms with Gasteiger partial charge in [0.2, 0.25) is 5.89 Å². The van der Waals surface area contributed by atoms with Gasteiger partial charge in [-0.25, -0.2) is 4.98 Å². The number of aliphatic hydroxyl groups is 1. The zero-order valence-electron chi connectivity index (χ0n) is 11.2. The van der Waals surface area contributed by atoms with Crippen LogP contribution in [-0.4, -0.2) is 34.7 Å². The van der Waals surface area contributed by atoms with Gasteiger partial charge in [0.1, 0.15) is 6.26 Å². The van der Waals surface area contributed by atoms with Crippen molar-refractivity contribution in [2.75, 3.05) is 19.7 Å². The third-order valence-electron chi connectivity index (χ3n) is 2.91. The molecule has 0 amide bonds. The molecule has 0 spiro atoms. The molecule has 0 aliphatic carbocycles. The Kier molecular flexibility index (Phi) is 5.12. The third kappa shape index (κ3) is 3.91. The molecule has 102 valence electrons. The molecular formula is C15H20N2O2. The summed E-state index contributed by atoms with van der Waals surface area (Å²) in [5.74, 6) is 0.649. The molecule has 2 aromatic rings. The van der Waals surface area contributed by atoms with E-state index in [1.165, 1.54) is 0 Å². The first kappa shape index (κ1) is 13.8. The lowest BCUT2D eigenvalue weighted by atomic mass is 10.2. The van der Waals surface area contributed by atoms with Crippen molar-refractivity contribution in [1.29, 1.82) is 0 Å². The normalized spacial score (nSPS) is 11.1. The van der Waals surface area contributed by atoms with Gasteiger partial charge in [-0.15, -0.1) is 0 Å². The zero-order chi connectivity index (χ0) is 13.5. The minimum Gasteiger partial charge on any atom is -0.444 e. The van der Waals surface area contributed by atoms with E-state index in [2.05, 4.69) is 16.8 Å². The first-order valence-corrected chi connectivity index (χ1v) is 6.66. The Hall–Kier alpha value is -1.65. The van der Waals surface area contributed by atoms with E-state index in [4.69, 9.17) is 9.52 Å². The van der Waals surface area contributed by atoms with Crippen molar-refractivity contribution in [3.63, 3.8) is 0 Å². The summed E-state index contributed by atoms with van der Waals surface area (Å²) in [5, 5.41) is 9.04. The van der Waals surface area contributed by atoms with Crippen LogP contribution in [0.25, 0.3) is 11.5 Å². The fourth-order valence-corrected chi connectivity index (χ4v) is 2.05. The first-order valence-electron chi connectivity index (χ1n) is 6.66. The molecule has 19 heavy (non-hydrogen) atoms. The van der Waals surface area contributed by atoms with E-state index in [0.717, 1.165) is 24.2 Å². The van der Waals surface area contributed by atoms with Crippen molar-refractivity contribution in [3.05, 3.63) is 42.3 Å². The molecule has 4 nitrogen and oxygen atoms in total. The van der Waals surface area contributed by atoms with Gasteiger partial charge in [0.15, 0.2) is 0 Å². The second kappa shape index (κ2) is 7.07. The largest absolute Gasteiger partial charge is 0.444 e. The smallest absolute Gasteiger partial charge is 0.226 e. The summed E-state index contributed by atoms with van der Waals surface area (Å²) in [6.45, 7) is 4.63. The molecule has 0 atom stereocenters. The molecule has 1 heterocycles. The van der Waals surface area contributed by atoms with E-state index in [1.54, 1.807) is 6.26 Å². The van der Waals surface area contributed by atoms with Crippen LogP contribution in [0.15, 0.2) is 41.0 Å². The van der Waals surface area contributed by atoms with Crippen LogP contribution in [0, 0.1) is 0 Å². The lowest BCUT2D eigenvalue weighted by Gasteiger charge is -2.18. The molecule has 0 unspecified atom stereocenters. The SMILES string of the molecule is CCCN(CCO)Cc1coc(-c2ccccc2)n1. The molecule has 0 fully saturated rings. The van der Waals surface area contributed by atoms with Crippen molar-refractivity contribution in [2.45, 2.75) is 19.9 Å². The van der Waals surface area contributed by atoms with Crippen LogP contribution in [0.4, 0.5) is 0 Å². The minimum atomic E-state index is 0.170. The van der Waals surface area contributed by atoms with Gasteiger partial charge < -0.3 is 9.52 Å². The Balaban J connectivity index is 2.04. The highest BCUT2D eigenvalue weighted by Crippen LogP contribution is 2.18. The van der Waals surface area contributed by atoms with Crippen molar-refractivity contribution in [2.24, 2.45) is 0 Å². The molecular weight excluding hydrogens is 240 g/mol. The van der Waals surface area contributed by atoms with Gasteiger partial charge in [-0.3, -0.25) is 4.90 Å². The van der Waals surface area contributed by atoms with E-state index in [-0.39, 0.29) is 6.61 Å². The standard InChI is InChI=1S/C15H20N2O2/c1-2-8-17(9-10-18)11-14-12-19-15(16-14)13-6-4-3-5-7-13/h3-7,12,18H,2,8-11H2,1H3. The molecule has 0 aliphatic heterocycles. The van der Waals surface area contributed by atoms with Crippen LogP contribution in [-0.2, 0) is 6.54 Å². The van der Waals surface area contributed by atoms with Gasteiger partial charge in [-0.05, 0) is 25.1 Å². The van der Waals surface area contributed by atoms with Gasteiger partial charge in [0.25, 0.3) is 0 Å². The van der Waals surface area contributed by atoms with Gasteiger partial charge in [-0.2, -0.15) is 0 Å². The summed E-state index contributed by atoms with van der Waals surface area (Å²) < 4.78 is 5.51. The van der Waals surface area contributed by atoms with Crippen molar-refractivity contribution >= 4 is 0 Å². The highest BCUT2D eigenvalue weighted by Gasteiger charge is 2.10. The minimum absolute atomic E-state index is 0.170. The monoisotopic (exact) mass is 260 g/mol. The highest BCUT2D eigenvalue weighted by molar-refractivity contribution is 5.52. The number of oxazole rings is 1. The van der Waals surface area contributed by atoms with Crippen molar-refractivity contribution in [3.8, 4) is 11.5 Å². The van der Waals surface area contributed by atoms with E-state index in [0.29, 0.717) is 19.0 Å². The van der Waals surface area contributed by atoms with E-state index < -0.39 is 0 Å². The molecule has 1 aromatic heterocycles. The topological polar surface area (TPSA) is 49.5 Å². The van der Waals surface area contributed by atoms with Crippen molar-refractivity contribution < 1.29 is 9.52 Å². The van der Waals surface area contributed by atoms with Crippen LogP contribution in [0.3, 0.4) is 0 Å². The second-order valence-electron chi connectivity index (χ2n) is 4.51. The number of benzene rings is 1. The summed E-state index contributed by atoms with van der Waals surface area (Å²) in [4.78, 5) is 6.67. The summed E-state index contributed by atoms with van der Waals surface area (Å²) >= 11 is 0. The van der Waals surface area contributed by atoms with Crippen LogP contribution < -0.4 is 0 Å². The van der Waals surface area contributed by atoms with E-state index in [9.17, 15) is 0 Å². The number of nitrogens with zero attached hydrogens (tertiary/aromatic N) is 2. The zero-order valence-corrected chi connectivity index (χ0v) is 11.2. The fourth-order valence-electron chi connectivity index (χ4n) is 2.05. The first-order chi connectivity index (χ1) is 9.33. The van der Waals surface area contributed by atoms with Crippen molar-refractivity contribution in [1.82, 2.24) is 9.88 Å². The third-order valence-corrected chi connectivity index (χ3v) is 2.91. The van der Waals surface area contributed by atoms with Crippen LogP contribution in [0.1, 0.15) is 19.0 Å². The lowest BCUT2D eigenvalue weighted by Crippen LogP contribution is -2.27. The summed E-state index contributed by atoms with van der Waals surface area (Å²) in [6.07, 6.45) is 2.76. The fraction of sp³-hybridized carbons (Fsp3) is 0.400. The predicted octanol–water partition coefficient (Wildman–Crippen LogP) is 2.55. The molecule has 2 rings (SSSR count). The van der Waals surface area contributed by atoms with Crippen LogP contribution >= 0.6 is 0 Å². The van der Waals surface area contributed by atoms with Gasteiger partial charge in [0.05, 0.1) is 12.3 Å². The number of hydrogen-bond donors (Lipinski definition) is 1. The molecule has 1 aromatic carbocycles. The summed E-state index contributed by atoms with van der Waals surface area (Å²) in [5.41, 5.74) is 1.89. The maximum atomic E-state index is 9.04. The highest BCUT2D eigenvalue weighted by atomic mass is 16.3. The quantitative estimate of drug-likeness (QED) is 0.831. The molecule has 0 radical (unpaired) electrons. The summed E-state index contributed by atoms with van der Waals surface area (Å²) in [6, 6.07) is 9.86. The molecule has 0 saturated carbocycles. The Morgan fingerprint density at radius 1 is 1.21 bits per heavy atom. The molecule has 0 bridgehead atoms. The van der Waals surface area contributed by atoms with Gasteiger partial charge in [-0.1, -0.05) is 25.1 Å². The Morgan fingerprint density at radius 3 is 2.68 bits per heavy atom. The van der Waals surface area contributed by atoms with E-state index in [1.807, 2.05) is 30.3 Å². The molecule has 4 heteroatoms. The number of aliphatic hydroxyl groups excluding tert-OH is 1. The summed E-state index contributed by atoms with van der Waals surface area (Å²) in [7, 11) is 0. The predicted molar refractivity (Wildman–Crippen MR) is 74.6 cm³/mol. The lowest BCUT2D eigenvalue weighted by molar-refractivity contribution is 0.189. The molecule has 0 aliphatic rings. The second-order valence-corrected chi connectivity index (χ2v) is 4.51. The molecule has 1 N–H and O–H groups in total. The number of aromatic nitrogens is 1. The Morgan fingerprint density at radius 2 is 2.00 bits per heavy atom. The van der Waals surface area contributed by atoms with Crippen LogP contribution in [0.2, 0.25) is 0 Å². The van der Waals surface area contributed by atoms with Crippen LogP contribution in [0.5, 0.6) is 0 Å². The maximum Gasteiger partial charge on any atom is 0.226 e. The molecule has 0 saturated heterocycles.